The van der Waals surface area contributed by atoms with Crippen molar-refractivity contribution in [3.63, 3.8) is 0 Å². The molecule has 0 unspecified atom stereocenters. The van der Waals surface area contributed by atoms with Gasteiger partial charge < -0.3 is 10.6 Å². The maximum atomic E-state index is 12.4. The fourth-order valence-corrected chi connectivity index (χ4v) is 3.75. The van der Waals surface area contributed by atoms with Gasteiger partial charge in [-0.3, -0.25) is 14.3 Å². The van der Waals surface area contributed by atoms with Crippen molar-refractivity contribution in [2.24, 2.45) is 7.05 Å². The minimum absolute atomic E-state index is 0.0551. The van der Waals surface area contributed by atoms with Crippen LogP contribution in [0.15, 0.2) is 47.8 Å². The van der Waals surface area contributed by atoms with Crippen LogP contribution in [0.4, 0.5) is 11.6 Å². The molecule has 0 bridgehead atoms. The molecule has 0 saturated heterocycles. The van der Waals surface area contributed by atoms with Crippen LogP contribution < -0.4 is 10.6 Å². The van der Waals surface area contributed by atoms with Gasteiger partial charge in [0.1, 0.15) is 5.82 Å². The van der Waals surface area contributed by atoms with Gasteiger partial charge in [0.15, 0.2) is 5.82 Å². The predicted molar refractivity (Wildman–Crippen MR) is 97.0 cm³/mol. The van der Waals surface area contributed by atoms with Crippen molar-refractivity contribution >= 4 is 34.8 Å². The molecular weight excluding hydrogens is 336 g/mol. The molecule has 4 rings (SSSR count). The van der Waals surface area contributed by atoms with Crippen molar-refractivity contribution < 1.29 is 9.59 Å². The highest BCUT2D eigenvalue weighted by Gasteiger charge is 2.33. The number of nitrogens with zero attached hydrogens (tertiary/aromatic N) is 2. The van der Waals surface area contributed by atoms with Crippen LogP contribution in [0.1, 0.15) is 33.1 Å². The zero-order chi connectivity index (χ0) is 17.4. The molecule has 3 heterocycles. The molecule has 2 aromatic heterocycles. The molecular formula is C18H16N4O2S. The monoisotopic (exact) mass is 352 g/mol. The number of amides is 2. The maximum Gasteiger partial charge on any atom is 0.266 e. The average Bonchev–Trinajstić information content (AvgIpc) is 3.24. The zero-order valence-electron chi connectivity index (χ0n) is 13.5. The second-order valence-corrected chi connectivity index (χ2v) is 6.83. The number of anilines is 2. The van der Waals surface area contributed by atoms with E-state index in [4.69, 9.17) is 0 Å². The number of carbonyl (C=O) groups is 2. The number of carbonyl (C=O) groups excluding carboxylic acids is 2. The number of aryl methyl sites for hydroxylation is 1. The van der Waals surface area contributed by atoms with Gasteiger partial charge in [0, 0.05) is 24.9 Å². The Hall–Kier alpha value is -2.93. The number of aromatic nitrogens is 2. The van der Waals surface area contributed by atoms with E-state index < -0.39 is 0 Å². The van der Waals surface area contributed by atoms with Gasteiger partial charge in [-0.25, -0.2) is 0 Å². The first-order valence-electron chi connectivity index (χ1n) is 7.90. The van der Waals surface area contributed by atoms with Crippen molar-refractivity contribution in [2.75, 3.05) is 10.6 Å². The Labute approximate surface area is 148 Å². The van der Waals surface area contributed by atoms with Crippen LogP contribution in [0.25, 0.3) is 0 Å². The molecule has 0 fully saturated rings. The lowest BCUT2D eigenvalue weighted by Crippen LogP contribution is -2.25. The van der Waals surface area contributed by atoms with Gasteiger partial charge in [-0.1, -0.05) is 36.4 Å². The molecule has 7 heteroatoms. The summed E-state index contributed by atoms with van der Waals surface area (Å²) in [6.07, 6.45) is 0.324. The Morgan fingerprint density at radius 1 is 1.28 bits per heavy atom. The molecule has 2 amide bonds. The highest BCUT2D eigenvalue weighted by Crippen LogP contribution is 2.41. The maximum absolute atomic E-state index is 12.4. The Balaban J connectivity index is 1.76. The van der Waals surface area contributed by atoms with Crippen LogP contribution in [-0.2, 0) is 11.8 Å². The minimum atomic E-state index is -0.195. The Kier molecular flexibility index (Phi) is 3.85. The first-order valence-corrected chi connectivity index (χ1v) is 8.78. The van der Waals surface area contributed by atoms with Crippen molar-refractivity contribution in [2.45, 2.75) is 12.3 Å². The second kappa shape index (κ2) is 6.18. The van der Waals surface area contributed by atoms with Gasteiger partial charge >= 0.3 is 0 Å². The van der Waals surface area contributed by atoms with Crippen molar-refractivity contribution in [3.05, 3.63) is 63.8 Å². The molecule has 1 atom stereocenters. The number of hydrogen-bond acceptors (Lipinski definition) is 4. The normalized spacial score (nSPS) is 16.2. The third kappa shape index (κ3) is 2.83. The first-order chi connectivity index (χ1) is 12.1. The predicted octanol–water partition coefficient (Wildman–Crippen LogP) is 3.21. The number of nitrogens with one attached hydrogen (secondary N) is 2. The average molecular weight is 352 g/mol. The summed E-state index contributed by atoms with van der Waals surface area (Å²) in [5.41, 5.74) is 1.87. The van der Waals surface area contributed by atoms with Gasteiger partial charge in [-0.05, 0) is 17.0 Å². The first kappa shape index (κ1) is 15.6. The summed E-state index contributed by atoms with van der Waals surface area (Å²) in [5, 5.41) is 12.0. The summed E-state index contributed by atoms with van der Waals surface area (Å²) in [4.78, 5) is 25.2. The Morgan fingerprint density at radius 2 is 2.08 bits per heavy atom. The molecule has 25 heavy (non-hydrogen) atoms. The molecule has 6 nitrogen and oxygen atoms in total. The standard InChI is InChI=1S/C18H16N4O2S/c1-22-17-15(16(21-22)20-18(24)13-8-5-9-25-13)12(10-14(23)19-17)11-6-3-2-4-7-11/h2-9,12H,10H2,1H3,(H,19,23)(H,20,21,24)/t12-/m0/s1. The summed E-state index contributed by atoms with van der Waals surface area (Å²) >= 11 is 1.38. The molecule has 1 aliphatic heterocycles. The van der Waals surface area contributed by atoms with Crippen molar-refractivity contribution in [1.82, 2.24) is 9.78 Å². The van der Waals surface area contributed by atoms with E-state index in [2.05, 4.69) is 15.7 Å². The largest absolute Gasteiger partial charge is 0.311 e. The van der Waals surface area contributed by atoms with E-state index in [1.54, 1.807) is 17.8 Å². The highest BCUT2D eigenvalue weighted by molar-refractivity contribution is 7.12. The van der Waals surface area contributed by atoms with Crippen LogP contribution >= 0.6 is 11.3 Å². The van der Waals surface area contributed by atoms with Crippen LogP contribution in [0.3, 0.4) is 0 Å². The Bertz CT molecular complexity index is 932. The molecule has 0 spiro atoms. The second-order valence-electron chi connectivity index (χ2n) is 5.88. The van der Waals surface area contributed by atoms with Crippen molar-refractivity contribution in [1.29, 1.82) is 0 Å². The Morgan fingerprint density at radius 3 is 2.80 bits per heavy atom. The van der Waals surface area contributed by atoms with Gasteiger partial charge in [0.2, 0.25) is 5.91 Å². The topological polar surface area (TPSA) is 76.0 Å². The van der Waals surface area contributed by atoms with Crippen LogP contribution in [-0.4, -0.2) is 21.6 Å². The lowest BCUT2D eigenvalue weighted by atomic mass is 9.86. The van der Waals surface area contributed by atoms with E-state index >= 15 is 0 Å². The van der Waals surface area contributed by atoms with Crippen LogP contribution in [0, 0.1) is 0 Å². The van der Waals surface area contributed by atoms with E-state index in [0.29, 0.717) is 22.9 Å². The highest BCUT2D eigenvalue weighted by atomic mass is 32.1. The molecule has 2 N–H and O–H groups in total. The molecule has 126 valence electrons. The van der Waals surface area contributed by atoms with Gasteiger partial charge in [0.25, 0.3) is 5.91 Å². The lowest BCUT2D eigenvalue weighted by Gasteiger charge is -2.24. The number of rotatable bonds is 3. The van der Waals surface area contributed by atoms with E-state index in [1.165, 1.54) is 11.3 Å². The van der Waals surface area contributed by atoms with Gasteiger partial charge in [0.05, 0.1) is 4.88 Å². The summed E-state index contributed by atoms with van der Waals surface area (Å²) < 4.78 is 1.60. The number of thiophene rings is 1. The zero-order valence-corrected chi connectivity index (χ0v) is 14.3. The fourth-order valence-electron chi connectivity index (χ4n) is 3.13. The van der Waals surface area contributed by atoms with Gasteiger partial charge in [-0.2, -0.15) is 5.10 Å². The molecule has 1 aliphatic rings. The van der Waals surface area contributed by atoms with E-state index in [1.807, 2.05) is 41.8 Å². The third-order valence-electron chi connectivity index (χ3n) is 4.26. The minimum Gasteiger partial charge on any atom is -0.311 e. The lowest BCUT2D eigenvalue weighted by molar-refractivity contribution is -0.116. The van der Waals surface area contributed by atoms with E-state index in [-0.39, 0.29) is 17.7 Å². The number of benzene rings is 1. The molecule has 0 aliphatic carbocycles. The number of fused-ring (bicyclic) bond motifs is 1. The summed E-state index contributed by atoms with van der Waals surface area (Å²) in [7, 11) is 1.76. The summed E-state index contributed by atoms with van der Waals surface area (Å²) in [6, 6.07) is 13.4. The van der Waals surface area contributed by atoms with E-state index in [0.717, 1.165) is 11.1 Å². The third-order valence-corrected chi connectivity index (χ3v) is 5.13. The van der Waals surface area contributed by atoms with Crippen LogP contribution in [0.5, 0.6) is 0 Å². The quantitative estimate of drug-likeness (QED) is 0.760. The molecule has 3 aromatic rings. The van der Waals surface area contributed by atoms with Crippen LogP contribution in [0.2, 0.25) is 0 Å². The summed E-state index contributed by atoms with van der Waals surface area (Å²) in [5.74, 6) is 0.730. The summed E-state index contributed by atoms with van der Waals surface area (Å²) in [6.45, 7) is 0. The molecule has 0 saturated carbocycles. The molecule has 1 aromatic carbocycles. The van der Waals surface area contributed by atoms with E-state index in [9.17, 15) is 9.59 Å². The van der Waals surface area contributed by atoms with Gasteiger partial charge in [-0.15, -0.1) is 11.3 Å². The fraction of sp³-hybridized carbons (Fsp3) is 0.167. The van der Waals surface area contributed by atoms with Crippen molar-refractivity contribution in [3.8, 4) is 0 Å². The SMILES string of the molecule is Cn1nc(NC(=O)c2cccs2)c2c1NC(=O)C[C@H]2c1ccccc1. The number of hydrogen-bond donors (Lipinski definition) is 2. The smallest absolute Gasteiger partial charge is 0.266 e. The molecule has 0 radical (unpaired) electrons.